The van der Waals surface area contributed by atoms with E-state index in [-0.39, 0.29) is 11.9 Å². The van der Waals surface area contributed by atoms with Gasteiger partial charge >= 0.3 is 0 Å². The Morgan fingerprint density at radius 3 is 2.00 bits per heavy atom. The minimum Gasteiger partial charge on any atom is -0.306 e. The third-order valence-electron chi connectivity index (χ3n) is 3.88. The van der Waals surface area contributed by atoms with Gasteiger partial charge in [0.05, 0.1) is 0 Å². The Morgan fingerprint density at radius 1 is 0.905 bits per heavy atom. The molecule has 2 aromatic carbocycles. The molecule has 0 aliphatic carbocycles. The van der Waals surface area contributed by atoms with Crippen molar-refractivity contribution in [2.24, 2.45) is 0 Å². The molecule has 1 nitrogen and oxygen atoms in total. The molecule has 112 valence electrons. The Morgan fingerprint density at radius 2 is 1.48 bits per heavy atom. The summed E-state index contributed by atoms with van der Waals surface area (Å²) in [6.45, 7) is 7.38. The fourth-order valence-corrected chi connectivity index (χ4v) is 2.45. The minimum atomic E-state index is -0.183. The first kappa shape index (κ1) is 15.7. The summed E-state index contributed by atoms with van der Waals surface area (Å²) in [4.78, 5) is 0. The molecule has 0 aliphatic rings. The number of rotatable bonds is 6. The topological polar surface area (TPSA) is 12.0 Å². The van der Waals surface area contributed by atoms with Crippen LogP contribution in [0.2, 0.25) is 0 Å². The highest BCUT2D eigenvalue weighted by molar-refractivity contribution is 5.25. The molecule has 0 radical (unpaired) electrons. The first-order chi connectivity index (χ1) is 10.1. The summed E-state index contributed by atoms with van der Waals surface area (Å²) in [7, 11) is 0. The van der Waals surface area contributed by atoms with Crippen molar-refractivity contribution in [2.75, 3.05) is 0 Å². The highest BCUT2D eigenvalue weighted by Crippen LogP contribution is 2.19. The van der Waals surface area contributed by atoms with Crippen molar-refractivity contribution in [1.29, 1.82) is 0 Å². The van der Waals surface area contributed by atoms with Crippen LogP contribution in [0.1, 0.15) is 55.8 Å². The molecule has 0 amide bonds. The molecule has 2 heteroatoms. The molecule has 0 bridgehead atoms. The van der Waals surface area contributed by atoms with Gasteiger partial charge in [-0.05, 0) is 41.2 Å². The van der Waals surface area contributed by atoms with Crippen LogP contribution in [0.3, 0.4) is 0 Å². The lowest BCUT2D eigenvalue weighted by atomic mass is 10.0. The lowest BCUT2D eigenvalue weighted by molar-refractivity contribution is 0.517. The van der Waals surface area contributed by atoms with E-state index in [4.69, 9.17) is 0 Å². The molecular weight excluding hydrogens is 261 g/mol. The quantitative estimate of drug-likeness (QED) is 0.770. The second-order valence-corrected chi connectivity index (χ2v) is 5.79. The molecule has 2 rings (SSSR count). The lowest BCUT2D eigenvalue weighted by Gasteiger charge is -2.18. The molecule has 21 heavy (non-hydrogen) atoms. The monoisotopic (exact) mass is 285 g/mol. The first-order valence-electron chi connectivity index (χ1n) is 7.67. The smallest absolute Gasteiger partial charge is 0.123 e. The molecule has 1 atom stereocenters. The minimum absolute atomic E-state index is 0.183. The number of benzene rings is 2. The van der Waals surface area contributed by atoms with E-state index in [0.29, 0.717) is 5.92 Å². The van der Waals surface area contributed by atoms with Crippen LogP contribution >= 0.6 is 0 Å². The molecule has 2 aromatic rings. The second kappa shape index (κ2) is 7.37. The zero-order valence-corrected chi connectivity index (χ0v) is 13.1. The molecule has 0 fully saturated rings. The average molecular weight is 285 g/mol. The Balaban J connectivity index is 1.98. The van der Waals surface area contributed by atoms with Crippen LogP contribution in [0, 0.1) is 5.82 Å². The van der Waals surface area contributed by atoms with Gasteiger partial charge in [0.15, 0.2) is 0 Å². The lowest BCUT2D eigenvalue weighted by Crippen LogP contribution is -2.20. The maximum atomic E-state index is 13.0. The van der Waals surface area contributed by atoms with Gasteiger partial charge in [0, 0.05) is 12.6 Å². The molecule has 0 spiro atoms. The summed E-state index contributed by atoms with van der Waals surface area (Å²) >= 11 is 0. The Kier molecular flexibility index (Phi) is 5.51. The Bertz CT molecular complexity index is 543. The van der Waals surface area contributed by atoms with E-state index in [9.17, 15) is 4.39 Å². The highest BCUT2D eigenvalue weighted by Gasteiger charge is 2.08. The molecule has 0 heterocycles. The zero-order chi connectivity index (χ0) is 15.2. The Hall–Kier alpha value is -1.67. The molecule has 0 aromatic heterocycles. The average Bonchev–Trinajstić information content (AvgIpc) is 2.50. The molecule has 1 unspecified atom stereocenters. The molecule has 0 saturated heterocycles. The fourth-order valence-electron chi connectivity index (χ4n) is 2.45. The number of halogens is 1. The van der Waals surface area contributed by atoms with Crippen molar-refractivity contribution in [3.05, 3.63) is 71.0 Å². The van der Waals surface area contributed by atoms with Gasteiger partial charge in [0.25, 0.3) is 0 Å². The van der Waals surface area contributed by atoms with Crippen LogP contribution in [-0.2, 0) is 6.54 Å². The summed E-state index contributed by atoms with van der Waals surface area (Å²) in [6.07, 6.45) is 0.982. The van der Waals surface area contributed by atoms with E-state index in [1.54, 1.807) is 0 Å². The predicted octanol–water partition coefficient (Wildman–Crippen LogP) is 5.19. The van der Waals surface area contributed by atoms with Gasteiger partial charge in [-0.2, -0.15) is 0 Å². The first-order valence-corrected chi connectivity index (χ1v) is 7.67. The van der Waals surface area contributed by atoms with Crippen LogP contribution in [0.5, 0.6) is 0 Å². The van der Waals surface area contributed by atoms with E-state index in [0.717, 1.165) is 18.5 Å². The second-order valence-electron chi connectivity index (χ2n) is 5.79. The van der Waals surface area contributed by atoms with Gasteiger partial charge in [-0.25, -0.2) is 4.39 Å². The van der Waals surface area contributed by atoms with E-state index < -0.39 is 0 Å². The van der Waals surface area contributed by atoms with Crippen molar-refractivity contribution < 1.29 is 4.39 Å². The van der Waals surface area contributed by atoms with Gasteiger partial charge < -0.3 is 5.32 Å². The van der Waals surface area contributed by atoms with Gasteiger partial charge in [0.1, 0.15) is 5.82 Å². The summed E-state index contributed by atoms with van der Waals surface area (Å²) in [5.74, 6) is 0.382. The third kappa shape index (κ3) is 4.40. The predicted molar refractivity (Wildman–Crippen MR) is 86.8 cm³/mol. The summed E-state index contributed by atoms with van der Waals surface area (Å²) in [5, 5.41) is 3.55. The summed E-state index contributed by atoms with van der Waals surface area (Å²) < 4.78 is 13.0. The van der Waals surface area contributed by atoms with E-state index in [1.807, 2.05) is 12.1 Å². The third-order valence-corrected chi connectivity index (χ3v) is 3.88. The molecule has 0 aliphatic heterocycles. The maximum absolute atomic E-state index is 13.0. The molecular formula is C19H24FN. The van der Waals surface area contributed by atoms with Crippen molar-refractivity contribution in [2.45, 2.75) is 45.7 Å². The van der Waals surface area contributed by atoms with Crippen LogP contribution in [0.25, 0.3) is 0 Å². The van der Waals surface area contributed by atoms with Crippen LogP contribution in [0.4, 0.5) is 4.39 Å². The SMILES string of the molecule is CCC(NCc1ccc(C(C)C)cc1)c1ccc(F)cc1. The Labute approximate surface area is 127 Å². The number of hydrogen-bond donors (Lipinski definition) is 1. The van der Waals surface area contributed by atoms with Crippen molar-refractivity contribution in [1.82, 2.24) is 5.32 Å². The standard InChI is InChI=1S/C19H24FN/c1-4-19(17-9-11-18(20)12-10-17)21-13-15-5-7-16(8-6-15)14(2)3/h5-12,14,19,21H,4,13H2,1-3H3. The van der Waals surface area contributed by atoms with E-state index in [2.05, 4.69) is 50.4 Å². The fraction of sp³-hybridized carbons (Fsp3) is 0.368. The van der Waals surface area contributed by atoms with Gasteiger partial charge in [-0.15, -0.1) is 0 Å². The van der Waals surface area contributed by atoms with Crippen molar-refractivity contribution >= 4 is 0 Å². The normalized spacial score (nSPS) is 12.6. The van der Waals surface area contributed by atoms with Crippen molar-refractivity contribution in [3.8, 4) is 0 Å². The molecule has 0 saturated carbocycles. The summed E-state index contributed by atoms with van der Waals surface area (Å²) in [5.41, 5.74) is 3.78. The highest BCUT2D eigenvalue weighted by atomic mass is 19.1. The van der Waals surface area contributed by atoms with Crippen molar-refractivity contribution in [3.63, 3.8) is 0 Å². The van der Waals surface area contributed by atoms with Gasteiger partial charge in [-0.1, -0.05) is 57.2 Å². The molecule has 1 N–H and O–H groups in total. The van der Waals surface area contributed by atoms with Crippen LogP contribution in [0.15, 0.2) is 48.5 Å². The van der Waals surface area contributed by atoms with Crippen LogP contribution in [-0.4, -0.2) is 0 Å². The van der Waals surface area contributed by atoms with E-state index >= 15 is 0 Å². The maximum Gasteiger partial charge on any atom is 0.123 e. The van der Waals surface area contributed by atoms with Crippen LogP contribution < -0.4 is 5.32 Å². The number of hydrogen-bond acceptors (Lipinski definition) is 1. The largest absolute Gasteiger partial charge is 0.306 e. The number of nitrogens with one attached hydrogen (secondary N) is 1. The van der Waals surface area contributed by atoms with Gasteiger partial charge in [0.2, 0.25) is 0 Å². The zero-order valence-electron chi connectivity index (χ0n) is 13.1. The summed E-state index contributed by atoms with van der Waals surface area (Å²) in [6, 6.07) is 15.8. The van der Waals surface area contributed by atoms with Gasteiger partial charge in [-0.3, -0.25) is 0 Å². The van der Waals surface area contributed by atoms with E-state index in [1.165, 1.54) is 23.3 Å².